The van der Waals surface area contributed by atoms with E-state index >= 15 is 0 Å². The smallest absolute Gasteiger partial charge is 0.274 e. The number of anilines is 1. The zero-order valence-electron chi connectivity index (χ0n) is 11.6. The molecule has 21 heavy (non-hydrogen) atoms. The summed E-state index contributed by atoms with van der Waals surface area (Å²) in [7, 11) is 0. The van der Waals surface area contributed by atoms with Gasteiger partial charge in [-0.15, -0.1) is 0 Å². The highest BCUT2D eigenvalue weighted by Gasteiger charge is 2.13. The van der Waals surface area contributed by atoms with Crippen LogP contribution in [0.2, 0.25) is 0 Å². The summed E-state index contributed by atoms with van der Waals surface area (Å²) in [6.07, 6.45) is 4.30. The van der Waals surface area contributed by atoms with Crippen molar-refractivity contribution in [2.45, 2.75) is 19.8 Å². The Morgan fingerprint density at radius 2 is 2.24 bits per heavy atom. The Balaban J connectivity index is 2.24. The van der Waals surface area contributed by atoms with Crippen LogP contribution in [0.15, 0.2) is 17.3 Å². The molecule has 8 nitrogen and oxygen atoms in total. The lowest BCUT2D eigenvalue weighted by molar-refractivity contribution is 0.292. The number of H-pyrrole nitrogens is 1. The number of aromatic nitrogens is 5. The van der Waals surface area contributed by atoms with Crippen molar-refractivity contribution in [1.82, 2.24) is 24.3 Å². The van der Waals surface area contributed by atoms with Crippen molar-refractivity contribution < 1.29 is 5.11 Å². The molecule has 3 aromatic heterocycles. The van der Waals surface area contributed by atoms with Crippen LogP contribution in [0.25, 0.3) is 16.7 Å². The molecular formula is C13H16N6O2. The van der Waals surface area contributed by atoms with Crippen molar-refractivity contribution in [2.75, 3.05) is 18.5 Å². The summed E-state index contributed by atoms with van der Waals surface area (Å²) in [5.74, 6) is 1.32. The number of hydrogen-bond donors (Lipinski definition) is 3. The Morgan fingerprint density at radius 1 is 1.38 bits per heavy atom. The highest BCUT2D eigenvalue weighted by atomic mass is 16.3. The number of aryl methyl sites for hydroxylation is 1. The Labute approximate surface area is 119 Å². The lowest BCUT2D eigenvalue weighted by Gasteiger charge is -2.09. The Morgan fingerprint density at radius 3 is 3.00 bits per heavy atom. The van der Waals surface area contributed by atoms with Gasteiger partial charge < -0.3 is 15.4 Å². The minimum atomic E-state index is -0.227. The largest absolute Gasteiger partial charge is 0.396 e. The normalized spacial score (nSPS) is 11.3. The van der Waals surface area contributed by atoms with E-state index in [0.29, 0.717) is 41.9 Å². The van der Waals surface area contributed by atoms with Crippen LogP contribution in [0, 0.1) is 0 Å². The molecule has 0 atom stereocenters. The number of aliphatic hydroxyl groups is 1. The minimum Gasteiger partial charge on any atom is -0.396 e. The van der Waals surface area contributed by atoms with Crippen LogP contribution in [0.1, 0.15) is 19.2 Å². The maximum absolute atomic E-state index is 12.2. The van der Waals surface area contributed by atoms with Crippen molar-refractivity contribution >= 4 is 22.5 Å². The van der Waals surface area contributed by atoms with E-state index in [1.54, 1.807) is 10.6 Å². The molecule has 0 aliphatic heterocycles. The van der Waals surface area contributed by atoms with E-state index in [-0.39, 0.29) is 12.2 Å². The van der Waals surface area contributed by atoms with E-state index in [9.17, 15) is 4.79 Å². The predicted molar refractivity (Wildman–Crippen MR) is 78.5 cm³/mol. The van der Waals surface area contributed by atoms with Crippen molar-refractivity contribution in [3.63, 3.8) is 0 Å². The van der Waals surface area contributed by atoms with Gasteiger partial charge in [0, 0.05) is 19.6 Å². The van der Waals surface area contributed by atoms with Crippen molar-refractivity contribution in [1.29, 1.82) is 0 Å². The van der Waals surface area contributed by atoms with Crippen molar-refractivity contribution in [2.24, 2.45) is 0 Å². The summed E-state index contributed by atoms with van der Waals surface area (Å²) in [4.78, 5) is 27.7. The molecule has 0 fully saturated rings. The minimum absolute atomic E-state index is 0.0955. The Bertz CT molecular complexity index is 838. The van der Waals surface area contributed by atoms with Crippen LogP contribution in [0.3, 0.4) is 0 Å². The first-order valence-electron chi connectivity index (χ1n) is 6.84. The molecule has 3 N–H and O–H groups in total. The first-order chi connectivity index (χ1) is 10.3. The van der Waals surface area contributed by atoms with E-state index in [2.05, 4.69) is 25.3 Å². The number of aliphatic hydroxyl groups excluding tert-OH is 1. The molecule has 0 unspecified atom stereocenters. The van der Waals surface area contributed by atoms with E-state index in [1.165, 1.54) is 6.33 Å². The molecule has 0 amide bonds. The van der Waals surface area contributed by atoms with Crippen LogP contribution >= 0.6 is 0 Å². The molecule has 3 rings (SSSR count). The van der Waals surface area contributed by atoms with Gasteiger partial charge in [0.15, 0.2) is 11.5 Å². The first kappa shape index (κ1) is 13.5. The quantitative estimate of drug-likeness (QED) is 0.584. The molecular weight excluding hydrogens is 272 g/mol. The number of nitrogens with zero attached hydrogens (tertiary/aromatic N) is 4. The molecule has 0 saturated carbocycles. The van der Waals surface area contributed by atoms with E-state index < -0.39 is 0 Å². The van der Waals surface area contributed by atoms with Crippen LogP contribution in [-0.2, 0) is 6.42 Å². The first-order valence-corrected chi connectivity index (χ1v) is 6.84. The maximum Gasteiger partial charge on any atom is 0.274 e. The fourth-order valence-corrected chi connectivity index (χ4v) is 2.29. The third-order valence-corrected chi connectivity index (χ3v) is 3.29. The molecule has 0 spiro atoms. The van der Waals surface area contributed by atoms with Crippen molar-refractivity contribution in [3.8, 4) is 0 Å². The third-order valence-electron chi connectivity index (χ3n) is 3.29. The molecule has 0 aliphatic rings. The zero-order valence-corrected chi connectivity index (χ0v) is 11.6. The molecule has 0 aromatic carbocycles. The van der Waals surface area contributed by atoms with E-state index in [1.807, 2.05) is 6.92 Å². The summed E-state index contributed by atoms with van der Waals surface area (Å²) >= 11 is 0. The standard InChI is InChI=1S/C13H16N6O2/c1-2-9-15-6-8-13(21)18-10-11(14-4-3-5-20)16-7-17-12(10)19(8)9/h6-7,20H,2-5H2,1H3,(H,18,21)(H,14,16,17). The molecule has 110 valence electrons. The van der Waals surface area contributed by atoms with Crippen LogP contribution in [-0.4, -0.2) is 42.6 Å². The summed E-state index contributed by atoms with van der Waals surface area (Å²) in [5.41, 5.74) is 1.40. The Hall–Kier alpha value is -2.48. The molecule has 8 heteroatoms. The SMILES string of the molecule is CCc1ncc2c(=O)[nH]c3c(NCCCO)ncnc3n12. The van der Waals surface area contributed by atoms with Gasteiger partial charge in [-0.25, -0.2) is 15.0 Å². The summed E-state index contributed by atoms with van der Waals surface area (Å²) in [6.45, 7) is 2.63. The summed E-state index contributed by atoms with van der Waals surface area (Å²) < 4.78 is 1.76. The number of fused-ring (bicyclic) bond motifs is 3. The Kier molecular flexibility index (Phi) is 3.53. The lowest BCUT2D eigenvalue weighted by atomic mass is 10.4. The van der Waals surface area contributed by atoms with Crippen LogP contribution in [0.4, 0.5) is 5.82 Å². The molecule has 0 aliphatic carbocycles. The highest BCUT2D eigenvalue weighted by Crippen LogP contribution is 2.17. The second-order valence-corrected chi connectivity index (χ2v) is 4.63. The van der Waals surface area contributed by atoms with Gasteiger partial charge in [0.25, 0.3) is 5.56 Å². The number of aromatic amines is 1. The predicted octanol–water partition coefficient (Wildman–Crippen LogP) is 0.322. The second kappa shape index (κ2) is 5.49. The number of nitrogens with one attached hydrogen (secondary N) is 2. The van der Waals surface area contributed by atoms with Gasteiger partial charge in [-0.3, -0.25) is 9.20 Å². The van der Waals surface area contributed by atoms with Gasteiger partial charge >= 0.3 is 0 Å². The van der Waals surface area contributed by atoms with Gasteiger partial charge in [0.05, 0.1) is 6.20 Å². The topological polar surface area (TPSA) is 108 Å². The van der Waals surface area contributed by atoms with Gasteiger partial charge in [-0.2, -0.15) is 0 Å². The highest BCUT2D eigenvalue weighted by molar-refractivity contribution is 5.84. The van der Waals surface area contributed by atoms with E-state index in [4.69, 9.17) is 5.11 Å². The number of rotatable bonds is 5. The number of imidazole rings is 1. The molecule has 3 aromatic rings. The van der Waals surface area contributed by atoms with Gasteiger partial charge in [-0.05, 0) is 6.42 Å². The van der Waals surface area contributed by atoms with Crippen LogP contribution < -0.4 is 10.9 Å². The summed E-state index contributed by atoms with van der Waals surface area (Å²) in [5, 5.41) is 11.9. The molecule has 3 heterocycles. The van der Waals surface area contributed by atoms with Gasteiger partial charge in [-0.1, -0.05) is 6.92 Å². The monoisotopic (exact) mass is 288 g/mol. The van der Waals surface area contributed by atoms with E-state index in [0.717, 1.165) is 5.82 Å². The fraction of sp³-hybridized carbons (Fsp3) is 0.385. The second-order valence-electron chi connectivity index (χ2n) is 4.63. The molecule has 0 saturated heterocycles. The van der Waals surface area contributed by atoms with Crippen LogP contribution in [0.5, 0.6) is 0 Å². The maximum atomic E-state index is 12.2. The zero-order chi connectivity index (χ0) is 14.8. The lowest BCUT2D eigenvalue weighted by Crippen LogP contribution is -2.15. The summed E-state index contributed by atoms with van der Waals surface area (Å²) in [6, 6.07) is 0. The van der Waals surface area contributed by atoms with Crippen molar-refractivity contribution in [3.05, 3.63) is 28.7 Å². The molecule has 0 bridgehead atoms. The van der Waals surface area contributed by atoms with Gasteiger partial charge in [0.2, 0.25) is 0 Å². The third kappa shape index (κ3) is 2.23. The average molecular weight is 288 g/mol. The average Bonchev–Trinajstić information content (AvgIpc) is 2.93. The fourth-order valence-electron chi connectivity index (χ4n) is 2.29. The van der Waals surface area contributed by atoms with Gasteiger partial charge in [0.1, 0.15) is 23.2 Å². The number of hydrogen-bond acceptors (Lipinski definition) is 6. The molecule has 0 radical (unpaired) electrons.